The number of esters is 1. The van der Waals surface area contributed by atoms with Crippen molar-refractivity contribution in [3.05, 3.63) is 81.2 Å². The molecule has 6 atom stereocenters. The number of hydrogen-bond acceptors (Lipinski definition) is 29. The van der Waals surface area contributed by atoms with Gasteiger partial charge in [0.15, 0.2) is 22.0 Å². The number of fused-ring (bicyclic) bond motifs is 2. The summed E-state index contributed by atoms with van der Waals surface area (Å²) in [6, 6.07) is 8.79. The summed E-state index contributed by atoms with van der Waals surface area (Å²) in [7, 11) is -22.9. The fourth-order valence-electron chi connectivity index (χ4n) is 9.19. The second-order valence-electron chi connectivity index (χ2n) is 22.7. The van der Waals surface area contributed by atoms with E-state index in [2.05, 4.69) is 56.5 Å². The van der Waals surface area contributed by atoms with Crippen LogP contribution in [-0.2, 0) is 106 Å². The lowest BCUT2D eigenvalue weighted by atomic mass is 9.88. The third kappa shape index (κ3) is 29.2. The number of nitrogens with zero attached hydrogens (tertiary/aromatic N) is 2. The van der Waals surface area contributed by atoms with Crippen LogP contribution in [0.5, 0.6) is 0 Å². The number of amides is 1. The summed E-state index contributed by atoms with van der Waals surface area (Å²) >= 11 is 5.14. The Bertz CT molecular complexity index is 4410. The molecule has 2 aliphatic heterocycles. The maximum Gasteiger partial charge on any atom is 0.490 e. The number of ketones is 1. The zero-order valence-electron chi connectivity index (χ0n) is 56.1. The van der Waals surface area contributed by atoms with E-state index in [0.29, 0.717) is 32.0 Å². The minimum absolute atomic E-state index is 0.00992. The first-order valence-electron chi connectivity index (χ1n) is 30.7. The molecule has 13 N–H and O–H groups in total. The molecular weight excluding hydrogens is 1550 g/mol. The molecule has 2 aromatic carbocycles. The molecule has 3 aliphatic rings. The summed E-state index contributed by atoms with van der Waals surface area (Å²) in [5.41, 5.74) is 9.43. The van der Waals surface area contributed by atoms with Gasteiger partial charge in [-0.05, 0) is 79.0 Å². The van der Waals surface area contributed by atoms with Crippen LogP contribution < -0.4 is 32.8 Å². The van der Waals surface area contributed by atoms with Gasteiger partial charge in [-0.15, -0.1) is 0 Å². The van der Waals surface area contributed by atoms with Crippen molar-refractivity contribution < 1.29 is 139 Å². The number of aromatic carboxylic acids is 1. The zero-order chi connectivity index (χ0) is 76.7. The molecule has 0 bridgehead atoms. The van der Waals surface area contributed by atoms with Crippen LogP contribution in [-0.4, -0.2) is 186 Å². The van der Waals surface area contributed by atoms with E-state index in [9.17, 15) is 78.5 Å². The van der Waals surface area contributed by atoms with Crippen molar-refractivity contribution in [2.45, 2.75) is 112 Å². The molecular formula is C58H80N6O30P3S6+. The van der Waals surface area contributed by atoms with Gasteiger partial charge < -0.3 is 79.0 Å². The molecule has 0 spiro atoms. The maximum atomic E-state index is 13.3. The molecule has 572 valence electrons. The van der Waals surface area contributed by atoms with Crippen molar-refractivity contribution in [1.29, 1.82) is 0 Å². The van der Waals surface area contributed by atoms with Crippen LogP contribution in [0.3, 0.4) is 0 Å². The fraction of sp³-hybridized carbons (Fsp3) is 0.500. The number of nitrogens with one attached hydrogen (secondary N) is 2. The fourth-order valence-corrected chi connectivity index (χ4v) is 16.3. The van der Waals surface area contributed by atoms with Crippen molar-refractivity contribution in [1.82, 2.24) is 14.9 Å². The highest BCUT2D eigenvalue weighted by Gasteiger charge is 2.44. The number of Topliss-reactive ketones (excluding diaryl/α,β-unsaturated/α-hetero) is 1. The van der Waals surface area contributed by atoms with Gasteiger partial charge in [0, 0.05) is 78.1 Å². The van der Waals surface area contributed by atoms with Crippen molar-refractivity contribution in [3.63, 3.8) is 0 Å². The first kappa shape index (κ1) is 88.0. The highest BCUT2D eigenvalue weighted by Crippen LogP contribution is 2.66. The number of carboxylic acids is 1. The Morgan fingerprint density at radius 2 is 1.54 bits per heavy atom. The number of nitrogen functional groups attached to an aromatic ring is 2. The second-order valence-corrected chi connectivity index (χ2v) is 36.0. The Hall–Kier alpha value is -5.65. The molecule has 1 saturated heterocycles. The predicted octanol–water partition coefficient (Wildman–Crippen LogP) is 4.84. The number of hydrogen-bond donors (Lipinski definition) is 11. The molecule has 1 aromatic heterocycles. The Morgan fingerprint density at radius 1 is 0.864 bits per heavy atom. The van der Waals surface area contributed by atoms with Crippen LogP contribution >= 0.6 is 45.1 Å². The Balaban J connectivity index is 0.000000371. The number of alkyl carbamates (subject to hydrolysis) is 1. The van der Waals surface area contributed by atoms with Gasteiger partial charge in [0.25, 0.3) is 10.1 Å². The minimum atomic E-state index is -5.74. The second kappa shape index (κ2) is 40.3. The van der Waals surface area contributed by atoms with Crippen LogP contribution in [0.1, 0.15) is 112 Å². The standard InChI is InChI=1S/C33H37N3O14S2.C25H42N3O16P3S4/c1-3-13-49-33(40)36-12-15-48-17-16-47-14-4-5-26(37)19-6-7-20(32(38)39)23(18-19)27-21-8-10-24(34)30(51(41,42)43)28(21)50-29-22(27)9-11-25(35-2)31(29)52(44,45)46;1-25(2,3)50-49-16-38-11-7-8-12-39-22(29)10-6-5-9-18-14-28(24(30)27-23(18)26)21-13-19(40-17-51(4)48)20(42-21)15-41-46(34,35)44-47(36,37)43-45(31,32)33/h6-11,18H,3-5,12-17,34H2,1-2H3,(H,36,40)(H,38,39)(H,41,42,43)(H,44,45,46);14,19-21H,6-8,10-13,15-17H2,1-4H3,(H,34,35)(H,36,37)(H2,26,27,30)(H2,31,32,33)/p+1/t;19-,20+,21+,51?/m.0/s1. The monoisotopic (exact) mass is 1630 g/mol. The van der Waals surface area contributed by atoms with Crippen LogP contribution in [0, 0.1) is 11.8 Å². The summed E-state index contributed by atoms with van der Waals surface area (Å²) in [6.45, 7) is 9.75. The highest BCUT2D eigenvalue weighted by atomic mass is 33.1. The van der Waals surface area contributed by atoms with Gasteiger partial charge in [-0.25, -0.2) is 33.1 Å². The van der Waals surface area contributed by atoms with E-state index < -0.39 is 135 Å². The number of ether oxygens (including phenoxy) is 7. The lowest BCUT2D eigenvalue weighted by Crippen LogP contribution is -2.72. The summed E-state index contributed by atoms with van der Waals surface area (Å²) in [5, 5.41) is 12.5. The molecule has 3 heterocycles. The van der Waals surface area contributed by atoms with E-state index in [1.54, 1.807) is 27.8 Å². The Labute approximate surface area is 606 Å². The summed E-state index contributed by atoms with van der Waals surface area (Å²) in [6.07, 6.45) is 1.79. The van der Waals surface area contributed by atoms with E-state index in [-0.39, 0.29) is 132 Å². The predicted molar refractivity (Wildman–Crippen MR) is 378 cm³/mol. The van der Waals surface area contributed by atoms with Gasteiger partial charge in [0.05, 0.1) is 74.9 Å². The first-order valence-corrected chi connectivity index (χ1v) is 43.1. The average Bonchev–Trinajstić information content (AvgIpc) is 0.884. The zero-order valence-corrected chi connectivity index (χ0v) is 63.7. The normalized spacial score (nSPS) is 16.6. The number of benzene rings is 3. The average molecular weight is 1630 g/mol. The van der Waals surface area contributed by atoms with Crippen molar-refractivity contribution in [2.24, 2.45) is 0 Å². The Kier molecular flexibility index (Phi) is 34.5. The molecule has 1 fully saturated rings. The molecule has 6 rings (SSSR count). The van der Waals surface area contributed by atoms with Crippen LogP contribution in [0.4, 0.5) is 16.3 Å². The van der Waals surface area contributed by atoms with Gasteiger partial charge in [0.2, 0.25) is 10.3 Å². The van der Waals surface area contributed by atoms with Crippen LogP contribution in [0.25, 0.3) is 33.4 Å². The summed E-state index contributed by atoms with van der Waals surface area (Å²) < 4.78 is 163. The number of phosphoric acid groups is 3. The summed E-state index contributed by atoms with van der Waals surface area (Å²) in [5.74, 6) is 3.15. The van der Waals surface area contributed by atoms with E-state index in [4.69, 9.17) is 74.5 Å². The van der Waals surface area contributed by atoms with Gasteiger partial charge in [-0.1, -0.05) is 76.6 Å². The molecule has 1 aliphatic carbocycles. The molecule has 3 aromatic rings. The highest BCUT2D eigenvalue weighted by molar-refractivity contribution is 8.77. The minimum Gasteiger partial charge on any atom is -0.478 e. The van der Waals surface area contributed by atoms with Crippen molar-refractivity contribution >= 4 is 132 Å². The van der Waals surface area contributed by atoms with Crippen molar-refractivity contribution in [2.75, 3.05) is 96.0 Å². The van der Waals surface area contributed by atoms with Gasteiger partial charge in [-0.2, -0.15) is 30.4 Å². The molecule has 45 heteroatoms. The number of anilines is 2. The first-order chi connectivity index (χ1) is 48.2. The lowest BCUT2D eigenvalue weighted by molar-refractivity contribution is -0.467. The smallest absolute Gasteiger partial charge is 0.478 e. The molecule has 1 amide bonds. The van der Waals surface area contributed by atoms with E-state index >= 15 is 0 Å². The molecule has 36 nitrogen and oxygen atoms in total. The maximum absolute atomic E-state index is 13.3. The third-order valence-electron chi connectivity index (χ3n) is 13.4. The number of aromatic nitrogens is 2. The number of unbranched alkanes of at least 4 members (excludes halogenated alkanes) is 1. The number of carboxylic acid groups (broad SMARTS) is 1. The number of nitrogens with two attached hydrogens (primary N) is 2. The molecule has 103 heavy (non-hydrogen) atoms. The topological polar surface area (TPSA) is 548 Å². The molecule has 0 saturated carbocycles. The molecule has 0 radical (unpaired) electrons. The van der Waals surface area contributed by atoms with E-state index in [1.807, 2.05) is 6.92 Å². The van der Waals surface area contributed by atoms with Gasteiger partial charge >= 0.3 is 57.3 Å². The Morgan fingerprint density at radius 3 is 2.18 bits per heavy atom. The lowest BCUT2D eigenvalue weighted by Gasteiger charge is -2.21. The SMILES string of the molecule is CCCOC(=O)NCCOCCOCCCC(=O)c1ccc(C(=O)O)c(-c2c3ccc(=[NH+]C)c(S(=O)(=O)O)c-3oc3c(S(=O)(=O)O)c(N)ccc23)c1.CS(=S)CO[C@H]1C[C@H](n2cc(C#CCCC(=O)OCCCCOCSSC(C)(C)C)c(N)nc2=O)O[C@@H]1COP(=O)(O)OP(=O)(O)OP(=O)(O)O. The third-order valence-corrected chi connectivity index (χ3v) is 22.9. The quantitative estimate of drug-likeness (QED) is 0.00240. The van der Waals surface area contributed by atoms with Gasteiger partial charge in [0.1, 0.15) is 31.1 Å². The largest absolute Gasteiger partial charge is 0.490 e. The summed E-state index contributed by atoms with van der Waals surface area (Å²) in [4.78, 5) is 103. The van der Waals surface area contributed by atoms with E-state index in [1.165, 1.54) is 49.6 Å². The van der Waals surface area contributed by atoms with Crippen molar-refractivity contribution in [3.8, 4) is 34.3 Å². The number of carbonyl (C=O) groups excluding carboxylic acids is 3. The number of rotatable bonds is 38. The van der Waals surface area contributed by atoms with E-state index in [0.717, 1.165) is 17.1 Å². The molecule has 3 unspecified atom stereocenters. The van der Waals surface area contributed by atoms with Crippen LogP contribution in [0.2, 0.25) is 0 Å². The number of carbonyl (C=O) groups is 4. The van der Waals surface area contributed by atoms with Gasteiger partial charge in [-0.3, -0.25) is 27.8 Å². The van der Waals surface area contributed by atoms with Crippen LogP contribution in [0.15, 0.2) is 67.7 Å². The number of phosphoric ester groups is 1.